The summed E-state index contributed by atoms with van der Waals surface area (Å²) in [6, 6.07) is 21.2. The fourth-order valence-electron chi connectivity index (χ4n) is 4.83. The summed E-state index contributed by atoms with van der Waals surface area (Å²) in [5.41, 5.74) is 9.99. The largest absolute Gasteiger partial charge is 1.00 e. The van der Waals surface area contributed by atoms with Crippen molar-refractivity contribution in [3.8, 4) is 11.1 Å². The minimum absolute atomic E-state index is 0. The highest BCUT2D eigenvalue weighted by Gasteiger charge is 2.31. The summed E-state index contributed by atoms with van der Waals surface area (Å²) in [6.07, 6.45) is 6.54. The van der Waals surface area contributed by atoms with Gasteiger partial charge in [0.25, 0.3) is 5.01 Å². The SMILES string of the molecule is CCN1/C(=C\C=C/c2sc3ccc(-c4ccccc4)cc3[n+]2CC)N(CC[NH3+])c2cc(Cl)c(Cl)cc21.[Br-].[Br-]. The summed E-state index contributed by atoms with van der Waals surface area (Å²) in [5, 5.41) is 2.37. The molecule has 0 aliphatic carbocycles. The van der Waals surface area contributed by atoms with Gasteiger partial charge < -0.3 is 49.5 Å². The van der Waals surface area contributed by atoms with Gasteiger partial charge in [0, 0.05) is 18.7 Å². The minimum Gasteiger partial charge on any atom is -1.00 e. The molecule has 0 saturated carbocycles. The number of halogens is 4. The molecule has 4 nitrogen and oxygen atoms in total. The van der Waals surface area contributed by atoms with E-state index in [0.717, 1.165) is 43.4 Å². The number of benzene rings is 3. The quantitative estimate of drug-likeness (QED) is 0.288. The molecule has 0 amide bonds. The topological polar surface area (TPSA) is 38.0 Å². The van der Waals surface area contributed by atoms with Crippen molar-refractivity contribution in [3.05, 3.63) is 93.7 Å². The minimum atomic E-state index is 0. The Balaban J connectivity index is 0.00000200. The van der Waals surface area contributed by atoms with Gasteiger partial charge in [-0.25, -0.2) is 0 Å². The maximum absolute atomic E-state index is 6.38. The molecule has 0 spiro atoms. The van der Waals surface area contributed by atoms with E-state index in [4.69, 9.17) is 23.2 Å². The van der Waals surface area contributed by atoms with Gasteiger partial charge in [-0.1, -0.05) is 77.0 Å². The predicted molar refractivity (Wildman–Crippen MR) is 155 cm³/mol. The van der Waals surface area contributed by atoms with Crippen LogP contribution >= 0.6 is 34.5 Å². The lowest BCUT2D eigenvalue weighted by Crippen LogP contribution is -3.00. The van der Waals surface area contributed by atoms with Crippen LogP contribution < -0.4 is 54.1 Å². The molecule has 1 aliphatic heterocycles. The van der Waals surface area contributed by atoms with Crippen molar-refractivity contribution < 1.29 is 44.3 Å². The van der Waals surface area contributed by atoms with Crippen molar-refractivity contribution >= 4 is 62.2 Å². The zero-order valence-electron chi connectivity index (χ0n) is 21.3. The Bertz CT molecular complexity index is 1470. The first-order valence-electron chi connectivity index (χ1n) is 12.3. The Labute approximate surface area is 259 Å². The molecule has 3 aromatic carbocycles. The first kappa shape index (κ1) is 30.7. The van der Waals surface area contributed by atoms with Gasteiger partial charge in [0.05, 0.1) is 34.5 Å². The standard InChI is InChI=1S/C29H29Cl2N4S.2BrH/c1-3-33-24-18-22(30)23(31)19-25(24)35(16-15-32)28(33)11-8-12-29-34(4-2)26-17-21(13-14-27(26)36-29)20-9-6-5-7-10-20;;/h5-14,17-19H,3-4,15-16,32H2,1-2H3;2*1H/q+1;;/p-1. The van der Waals surface area contributed by atoms with Crippen LogP contribution in [0.5, 0.6) is 0 Å². The molecule has 0 fully saturated rings. The number of anilines is 2. The van der Waals surface area contributed by atoms with Crippen LogP contribution in [0.25, 0.3) is 27.4 Å². The van der Waals surface area contributed by atoms with Gasteiger partial charge in [-0.05, 0) is 49.2 Å². The molecule has 3 N–H and O–H groups in total. The summed E-state index contributed by atoms with van der Waals surface area (Å²) >= 11 is 14.6. The van der Waals surface area contributed by atoms with Gasteiger partial charge in [-0.2, -0.15) is 4.57 Å². The van der Waals surface area contributed by atoms with E-state index in [-0.39, 0.29) is 34.0 Å². The number of fused-ring (bicyclic) bond motifs is 2. The first-order chi connectivity index (χ1) is 17.5. The maximum Gasteiger partial charge on any atom is 0.262 e. The summed E-state index contributed by atoms with van der Waals surface area (Å²) < 4.78 is 3.67. The number of hydrogen-bond acceptors (Lipinski definition) is 3. The highest BCUT2D eigenvalue weighted by atomic mass is 79.9. The van der Waals surface area contributed by atoms with Crippen molar-refractivity contribution in [1.29, 1.82) is 0 Å². The molecular weight excluding hydrogens is 667 g/mol. The molecule has 1 aromatic heterocycles. The lowest BCUT2D eigenvalue weighted by molar-refractivity contribution is -0.665. The van der Waals surface area contributed by atoms with E-state index in [1.807, 2.05) is 23.5 Å². The number of aromatic nitrogens is 1. The second-order valence-electron chi connectivity index (χ2n) is 8.62. The molecule has 2 heterocycles. The molecule has 0 saturated heterocycles. The van der Waals surface area contributed by atoms with Crippen LogP contribution in [0.15, 0.2) is 78.6 Å². The van der Waals surface area contributed by atoms with Crippen LogP contribution in [0.1, 0.15) is 18.9 Å². The smallest absolute Gasteiger partial charge is 0.262 e. The van der Waals surface area contributed by atoms with Gasteiger partial charge in [0.1, 0.15) is 17.1 Å². The predicted octanol–water partition coefficient (Wildman–Crippen LogP) is 0.634. The van der Waals surface area contributed by atoms with E-state index in [1.165, 1.54) is 26.4 Å². The second-order valence-corrected chi connectivity index (χ2v) is 10.5. The third kappa shape index (κ3) is 5.83. The van der Waals surface area contributed by atoms with E-state index in [2.05, 4.69) is 101 Å². The molecule has 38 heavy (non-hydrogen) atoms. The Hall–Kier alpha value is -1.87. The summed E-state index contributed by atoms with van der Waals surface area (Å²) in [7, 11) is 0. The zero-order chi connectivity index (χ0) is 25.2. The molecule has 9 heteroatoms. The van der Waals surface area contributed by atoms with Crippen molar-refractivity contribution in [1.82, 2.24) is 0 Å². The van der Waals surface area contributed by atoms with Gasteiger partial charge in [-0.15, -0.1) is 0 Å². The summed E-state index contributed by atoms with van der Waals surface area (Å²) in [6.45, 7) is 7.69. The van der Waals surface area contributed by atoms with E-state index in [0.29, 0.717) is 10.0 Å². The molecular formula is C29H30Br2Cl2N4S. The number of hydrogen-bond donors (Lipinski definition) is 1. The number of rotatable bonds is 7. The maximum atomic E-state index is 6.38. The van der Waals surface area contributed by atoms with Crippen molar-refractivity contribution in [2.45, 2.75) is 20.4 Å². The first-order valence-corrected chi connectivity index (χ1v) is 13.9. The van der Waals surface area contributed by atoms with Crippen LogP contribution in [0.2, 0.25) is 10.0 Å². The molecule has 0 unspecified atom stereocenters. The van der Waals surface area contributed by atoms with Crippen molar-refractivity contribution in [3.63, 3.8) is 0 Å². The van der Waals surface area contributed by atoms with Crippen LogP contribution in [0.4, 0.5) is 11.4 Å². The van der Waals surface area contributed by atoms with E-state index >= 15 is 0 Å². The van der Waals surface area contributed by atoms with Crippen LogP contribution in [-0.2, 0) is 6.54 Å². The van der Waals surface area contributed by atoms with Gasteiger partial charge >= 0.3 is 0 Å². The van der Waals surface area contributed by atoms with E-state index < -0.39 is 0 Å². The monoisotopic (exact) mass is 694 g/mol. The normalized spacial score (nSPS) is 13.8. The fraction of sp³-hybridized carbons (Fsp3) is 0.207. The second kappa shape index (κ2) is 13.5. The lowest BCUT2D eigenvalue weighted by atomic mass is 10.1. The molecule has 4 aromatic rings. The fourth-order valence-corrected chi connectivity index (χ4v) is 6.27. The molecule has 1 aliphatic rings. The van der Waals surface area contributed by atoms with Crippen molar-refractivity contribution in [2.75, 3.05) is 29.4 Å². The highest BCUT2D eigenvalue weighted by Crippen LogP contribution is 2.45. The number of aryl methyl sites for hydroxylation is 1. The number of thiazole rings is 1. The number of allylic oxidation sites excluding steroid dienone is 2. The third-order valence-electron chi connectivity index (χ3n) is 6.49. The number of quaternary nitrogens is 1. The van der Waals surface area contributed by atoms with Crippen LogP contribution in [0.3, 0.4) is 0 Å². The van der Waals surface area contributed by atoms with Gasteiger partial charge in [0.15, 0.2) is 0 Å². The Morgan fingerprint density at radius 3 is 2.21 bits per heavy atom. The summed E-state index contributed by atoms with van der Waals surface area (Å²) in [5.74, 6) is 1.11. The average Bonchev–Trinajstić information content (AvgIpc) is 3.39. The molecule has 0 bridgehead atoms. The Morgan fingerprint density at radius 2 is 1.58 bits per heavy atom. The molecule has 200 valence electrons. The van der Waals surface area contributed by atoms with Crippen molar-refractivity contribution in [2.24, 2.45) is 0 Å². The number of nitrogens with zero attached hydrogens (tertiary/aromatic N) is 3. The van der Waals surface area contributed by atoms with Crippen LogP contribution in [0, 0.1) is 0 Å². The Kier molecular flexibility index (Phi) is 10.9. The van der Waals surface area contributed by atoms with Crippen LogP contribution in [-0.4, -0.2) is 19.6 Å². The van der Waals surface area contributed by atoms with E-state index in [9.17, 15) is 0 Å². The molecule has 0 radical (unpaired) electrons. The summed E-state index contributed by atoms with van der Waals surface area (Å²) in [4.78, 5) is 4.56. The van der Waals surface area contributed by atoms with Gasteiger partial charge in [-0.3, -0.25) is 0 Å². The third-order valence-corrected chi connectivity index (χ3v) is 8.34. The Morgan fingerprint density at radius 1 is 0.895 bits per heavy atom. The zero-order valence-corrected chi connectivity index (χ0v) is 26.8. The molecule has 5 rings (SSSR count). The van der Waals surface area contributed by atoms with E-state index in [1.54, 1.807) is 0 Å². The highest BCUT2D eigenvalue weighted by molar-refractivity contribution is 7.18. The van der Waals surface area contributed by atoms with Gasteiger partial charge in [0.2, 0.25) is 5.52 Å². The lowest BCUT2D eigenvalue weighted by Gasteiger charge is -2.23. The average molecular weight is 697 g/mol. The molecule has 0 atom stereocenters.